The molecule has 0 aliphatic rings. The fourth-order valence-corrected chi connectivity index (χ4v) is 2.77. The van der Waals surface area contributed by atoms with Gasteiger partial charge in [0.15, 0.2) is 0 Å². The van der Waals surface area contributed by atoms with E-state index in [9.17, 15) is 4.57 Å². The largest absolute Gasteiger partial charge is 0.474 e. The first kappa shape index (κ1) is 19.1. The molecule has 0 saturated carbocycles. The molecule has 4 nitrogen and oxygen atoms in total. The zero-order chi connectivity index (χ0) is 14.4. The number of hydrogen-bond donors (Lipinski definition) is 0. The van der Waals surface area contributed by atoms with E-state index in [4.69, 9.17) is 13.6 Å². The van der Waals surface area contributed by atoms with Gasteiger partial charge in [0.1, 0.15) is 0 Å². The van der Waals surface area contributed by atoms with Gasteiger partial charge < -0.3 is 0 Å². The van der Waals surface area contributed by atoms with Gasteiger partial charge in [-0.25, -0.2) is 4.57 Å². The zero-order valence-electron chi connectivity index (χ0n) is 12.9. The van der Waals surface area contributed by atoms with E-state index in [0.29, 0.717) is 19.8 Å². The Morgan fingerprint density at radius 3 is 1.37 bits per heavy atom. The highest BCUT2D eigenvalue weighted by Gasteiger charge is 2.25. The predicted octanol–water partition coefficient (Wildman–Crippen LogP) is 5.32. The smallest absolute Gasteiger partial charge is 0.287 e. The summed E-state index contributed by atoms with van der Waals surface area (Å²) in [6.07, 6.45) is 8.05. The third-order valence-electron chi connectivity index (χ3n) is 2.74. The number of hydrogen-bond acceptors (Lipinski definition) is 4. The van der Waals surface area contributed by atoms with E-state index < -0.39 is 7.82 Å². The Morgan fingerprint density at radius 1 is 0.632 bits per heavy atom. The Kier molecular flexibility index (Phi) is 13.2. The summed E-state index contributed by atoms with van der Waals surface area (Å²) >= 11 is 0. The van der Waals surface area contributed by atoms with Gasteiger partial charge in [-0.2, -0.15) is 0 Å². The van der Waals surface area contributed by atoms with Crippen LogP contribution in [0.3, 0.4) is 0 Å². The van der Waals surface area contributed by atoms with Crippen molar-refractivity contribution in [2.75, 3.05) is 19.8 Å². The summed E-state index contributed by atoms with van der Waals surface area (Å²) in [6.45, 7) is 7.65. The summed E-state index contributed by atoms with van der Waals surface area (Å²) in [5.74, 6) is 0. The fraction of sp³-hybridized carbons (Fsp3) is 1.00. The summed E-state index contributed by atoms with van der Waals surface area (Å²) < 4.78 is 28.4. The molecule has 0 aromatic rings. The Labute approximate surface area is 118 Å². The Hall–Kier alpha value is 0.110. The fourth-order valence-electron chi connectivity index (χ4n) is 1.49. The lowest BCUT2D eigenvalue weighted by Crippen LogP contribution is -2.04. The van der Waals surface area contributed by atoms with Crippen molar-refractivity contribution in [1.29, 1.82) is 0 Å². The van der Waals surface area contributed by atoms with Gasteiger partial charge in [0, 0.05) is 0 Å². The molecule has 0 unspecified atom stereocenters. The van der Waals surface area contributed by atoms with E-state index in [0.717, 1.165) is 51.4 Å². The maximum Gasteiger partial charge on any atom is 0.474 e. The summed E-state index contributed by atoms with van der Waals surface area (Å²) in [6, 6.07) is 0. The number of phosphoric acid groups is 1. The minimum Gasteiger partial charge on any atom is -0.287 e. The minimum atomic E-state index is -3.33. The van der Waals surface area contributed by atoms with Crippen LogP contribution in [-0.4, -0.2) is 19.8 Å². The molecular weight excluding hydrogens is 263 g/mol. The van der Waals surface area contributed by atoms with Crippen LogP contribution in [0.25, 0.3) is 0 Å². The van der Waals surface area contributed by atoms with E-state index in [1.807, 2.05) is 0 Å². The quantitative estimate of drug-likeness (QED) is 0.321. The lowest BCUT2D eigenvalue weighted by atomic mass is 10.3. The third-order valence-corrected chi connectivity index (χ3v) is 4.24. The van der Waals surface area contributed by atoms with Crippen LogP contribution in [0.1, 0.15) is 72.1 Å². The molecule has 0 radical (unpaired) electrons. The molecule has 5 heteroatoms. The van der Waals surface area contributed by atoms with Crippen molar-refractivity contribution in [1.82, 2.24) is 0 Å². The van der Waals surface area contributed by atoms with Gasteiger partial charge in [0.2, 0.25) is 0 Å². The Morgan fingerprint density at radius 2 is 1.00 bits per heavy atom. The average Bonchev–Trinajstić information content (AvgIpc) is 2.41. The van der Waals surface area contributed by atoms with Gasteiger partial charge >= 0.3 is 7.82 Å². The number of phosphoric ester groups is 1. The molecule has 0 spiro atoms. The molecule has 0 bridgehead atoms. The van der Waals surface area contributed by atoms with Crippen LogP contribution in [0.15, 0.2) is 0 Å². The highest BCUT2D eigenvalue weighted by molar-refractivity contribution is 7.48. The van der Waals surface area contributed by atoms with E-state index in [-0.39, 0.29) is 0 Å². The van der Waals surface area contributed by atoms with Gasteiger partial charge in [0.25, 0.3) is 0 Å². The van der Waals surface area contributed by atoms with Gasteiger partial charge in [0.05, 0.1) is 19.8 Å². The molecule has 0 aliphatic carbocycles. The predicted molar refractivity (Wildman–Crippen MR) is 79.4 cm³/mol. The van der Waals surface area contributed by atoms with Gasteiger partial charge in [-0.15, -0.1) is 0 Å². The summed E-state index contributed by atoms with van der Waals surface area (Å²) in [5.41, 5.74) is 0. The van der Waals surface area contributed by atoms with Gasteiger partial charge in [-0.3, -0.25) is 13.6 Å². The summed E-state index contributed by atoms with van der Waals surface area (Å²) in [5, 5.41) is 0. The average molecular weight is 294 g/mol. The maximum absolute atomic E-state index is 12.3. The van der Waals surface area contributed by atoms with Crippen molar-refractivity contribution in [3.8, 4) is 0 Å². The normalized spacial score (nSPS) is 11.9. The summed E-state index contributed by atoms with van der Waals surface area (Å²) in [7, 11) is -3.33. The topological polar surface area (TPSA) is 44.8 Å². The first-order valence-corrected chi connectivity index (χ1v) is 9.18. The highest BCUT2D eigenvalue weighted by Crippen LogP contribution is 2.49. The molecule has 0 N–H and O–H groups in total. The molecule has 0 fully saturated rings. The minimum absolute atomic E-state index is 0.440. The van der Waals surface area contributed by atoms with Crippen molar-refractivity contribution >= 4 is 7.82 Å². The van der Waals surface area contributed by atoms with Crippen molar-refractivity contribution in [2.24, 2.45) is 0 Å². The van der Waals surface area contributed by atoms with Crippen LogP contribution in [0.2, 0.25) is 0 Å². The van der Waals surface area contributed by atoms with E-state index in [1.165, 1.54) is 0 Å². The van der Waals surface area contributed by atoms with Crippen molar-refractivity contribution < 1.29 is 18.1 Å². The van der Waals surface area contributed by atoms with Crippen molar-refractivity contribution in [3.05, 3.63) is 0 Å². The first-order chi connectivity index (χ1) is 9.18. The molecule has 0 aliphatic heterocycles. The molecule has 0 saturated heterocycles. The Balaban J connectivity index is 4.00. The van der Waals surface area contributed by atoms with Crippen LogP contribution in [0, 0.1) is 0 Å². The highest BCUT2D eigenvalue weighted by atomic mass is 31.2. The zero-order valence-corrected chi connectivity index (χ0v) is 13.8. The van der Waals surface area contributed by atoms with Crippen LogP contribution in [0.5, 0.6) is 0 Å². The molecule has 0 aromatic carbocycles. The van der Waals surface area contributed by atoms with Crippen LogP contribution >= 0.6 is 7.82 Å². The molecule has 0 rings (SSSR count). The number of rotatable bonds is 14. The lowest BCUT2D eigenvalue weighted by Gasteiger charge is -2.18. The molecule has 0 atom stereocenters. The molecule has 0 amide bonds. The summed E-state index contributed by atoms with van der Waals surface area (Å²) in [4.78, 5) is 0. The second-order valence-corrected chi connectivity index (χ2v) is 6.38. The van der Waals surface area contributed by atoms with E-state index >= 15 is 0 Å². The van der Waals surface area contributed by atoms with E-state index in [1.54, 1.807) is 0 Å². The number of unbranched alkanes of at least 4 members (excludes halogenated alkanes) is 5. The maximum atomic E-state index is 12.3. The van der Waals surface area contributed by atoms with Gasteiger partial charge in [-0.1, -0.05) is 52.9 Å². The van der Waals surface area contributed by atoms with Crippen LogP contribution in [0.4, 0.5) is 0 Å². The van der Waals surface area contributed by atoms with Crippen LogP contribution < -0.4 is 0 Å². The van der Waals surface area contributed by atoms with Crippen molar-refractivity contribution in [3.63, 3.8) is 0 Å². The monoisotopic (exact) mass is 294 g/mol. The molecule has 0 aromatic heterocycles. The SMILES string of the molecule is CCCCCOP(=O)(OCCCC)OCCCCC. The van der Waals surface area contributed by atoms with Crippen molar-refractivity contribution in [2.45, 2.75) is 72.1 Å². The lowest BCUT2D eigenvalue weighted by molar-refractivity contribution is 0.109. The second-order valence-electron chi connectivity index (χ2n) is 4.71. The second kappa shape index (κ2) is 13.1. The first-order valence-electron chi connectivity index (χ1n) is 7.72. The standard InChI is InChI=1S/C14H31O4P/c1-4-7-10-13-17-19(15,16-12-9-6-3)18-14-11-8-5-2/h4-14H2,1-3H3. The van der Waals surface area contributed by atoms with Crippen LogP contribution in [-0.2, 0) is 18.1 Å². The molecule has 0 heterocycles. The van der Waals surface area contributed by atoms with Gasteiger partial charge in [-0.05, 0) is 19.3 Å². The Bertz CT molecular complexity index is 217. The third kappa shape index (κ3) is 11.6. The molecule has 116 valence electrons. The van der Waals surface area contributed by atoms with E-state index in [2.05, 4.69) is 20.8 Å². The molecule has 19 heavy (non-hydrogen) atoms. The molecular formula is C14H31O4P.